The van der Waals surface area contributed by atoms with Gasteiger partial charge in [0.2, 0.25) is 0 Å². The summed E-state index contributed by atoms with van der Waals surface area (Å²) in [5.74, 6) is 3.46. The van der Waals surface area contributed by atoms with Gasteiger partial charge < -0.3 is 4.57 Å². The van der Waals surface area contributed by atoms with Crippen molar-refractivity contribution in [2.45, 2.75) is 165 Å². The Kier molecular flexibility index (Phi) is 12.9. The van der Waals surface area contributed by atoms with Crippen LogP contribution in [0.25, 0.3) is 33.7 Å². The summed E-state index contributed by atoms with van der Waals surface area (Å²) in [5, 5.41) is 1.49. The summed E-state index contributed by atoms with van der Waals surface area (Å²) < 4.78 is 2.71. The van der Waals surface area contributed by atoms with Gasteiger partial charge in [0.15, 0.2) is 0 Å². The molecule has 10 aliphatic carbocycles. The second kappa shape index (κ2) is 20.4. The molecule has 3 aromatic rings. The van der Waals surface area contributed by atoms with Gasteiger partial charge >= 0.3 is 0 Å². The van der Waals surface area contributed by atoms with Crippen molar-refractivity contribution in [3.8, 4) is 0 Å². The zero-order chi connectivity index (χ0) is 49.0. The molecule has 8 atom stereocenters. The van der Waals surface area contributed by atoms with E-state index in [0.717, 1.165) is 76.0 Å². The molecule has 2 heteroatoms. The number of allylic oxidation sites excluding steroid dienone is 23. The highest BCUT2D eigenvalue weighted by molar-refractivity contribution is 5.92. The Labute approximate surface area is 443 Å². The lowest BCUT2D eigenvalue weighted by Crippen LogP contribution is -2.45. The topological polar surface area (TPSA) is 8.17 Å². The maximum Gasteiger partial charge on any atom is 0.0560 e. The van der Waals surface area contributed by atoms with Gasteiger partial charge in [-0.3, -0.25) is 4.90 Å². The van der Waals surface area contributed by atoms with Crippen molar-refractivity contribution in [1.82, 2.24) is 9.47 Å². The maximum atomic E-state index is 2.99. The number of aromatic nitrogens is 1. The van der Waals surface area contributed by atoms with E-state index in [2.05, 4.69) is 173 Å². The first kappa shape index (κ1) is 46.8. The molecule has 2 heterocycles. The monoisotopic (exact) mass is 971 g/mol. The minimum absolute atomic E-state index is 0.317. The second-order valence-corrected chi connectivity index (χ2v) is 24.2. The number of benzene rings is 2. The van der Waals surface area contributed by atoms with E-state index in [9.17, 15) is 0 Å². The predicted octanol–water partition coefficient (Wildman–Crippen LogP) is 18.5. The number of hydrogen-bond acceptors (Lipinski definition) is 1. The van der Waals surface area contributed by atoms with Crippen LogP contribution in [0, 0.1) is 23.7 Å². The zero-order valence-corrected chi connectivity index (χ0v) is 44.0. The van der Waals surface area contributed by atoms with Crippen LogP contribution < -0.4 is 0 Å². The largest absolute Gasteiger partial charge is 0.333 e. The molecular weight excluding hydrogens is 893 g/mol. The highest BCUT2D eigenvalue weighted by atomic mass is 15.3. The van der Waals surface area contributed by atoms with Crippen molar-refractivity contribution in [3.05, 3.63) is 214 Å². The molecule has 0 radical (unpaired) electrons. The zero-order valence-electron chi connectivity index (χ0n) is 44.0. The maximum absolute atomic E-state index is 2.99. The van der Waals surface area contributed by atoms with E-state index in [1.807, 2.05) is 0 Å². The molecule has 0 N–H and O–H groups in total. The fraction of sp³-hybridized carbons (Fsp3) is 0.417. The van der Waals surface area contributed by atoms with Crippen LogP contribution in [0.15, 0.2) is 180 Å². The normalized spacial score (nSPS) is 30.7. The summed E-state index contributed by atoms with van der Waals surface area (Å²) in [5.41, 5.74) is 20.6. The molecule has 1 saturated carbocycles. The lowest BCUT2D eigenvalue weighted by molar-refractivity contribution is 0.158. The van der Waals surface area contributed by atoms with Gasteiger partial charge in [0.05, 0.1) is 6.04 Å². The first-order valence-electron chi connectivity index (χ1n) is 29.9. The lowest BCUT2D eigenvalue weighted by atomic mass is 9.73. The third kappa shape index (κ3) is 8.89. The molecule has 376 valence electrons. The Morgan fingerprint density at radius 3 is 2.05 bits per heavy atom. The Balaban J connectivity index is 0.710. The van der Waals surface area contributed by atoms with Gasteiger partial charge in [0, 0.05) is 34.7 Å². The van der Waals surface area contributed by atoms with Crippen LogP contribution in [0.4, 0.5) is 0 Å². The van der Waals surface area contributed by atoms with E-state index >= 15 is 0 Å². The number of hydrogen-bond donors (Lipinski definition) is 0. The Morgan fingerprint density at radius 1 is 0.486 bits per heavy atom. The number of fused-ring (bicyclic) bond motifs is 6. The summed E-state index contributed by atoms with van der Waals surface area (Å²) in [6, 6.07) is 17.1. The second-order valence-electron chi connectivity index (χ2n) is 24.2. The molecule has 1 saturated heterocycles. The standard InChI is InChI=1S/C72H78N2/c1-5-17-49(18-6-1)57-41-58(50-19-7-2-8-20-50)44-61(43-57)53-29-35-63(36-30-53)73-69-27-15-13-25-65(69)67-47-55(33-39-71(67)73)56-34-40-72-68(48-56)66-26-14-16-28-70(66)74(72)64-37-31-54(32-38-64)62-45-59(51-21-9-3-10-22-51)42-60(46-62)52-23-11-4-12-24-52/h1,5,7,9,15-16,19-22,27-35,37,39,41-42,44-47,49,52,57,63-64,66,68,70,72H,2-4,6,8,10-14,17-18,23-26,36,38,40,43,48H2. The molecule has 1 aliphatic heterocycles. The van der Waals surface area contributed by atoms with Crippen LogP contribution in [-0.2, 0) is 6.42 Å². The fourth-order valence-corrected chi connectivity index (χ4v) is 16.2. The fourth-order valence-electron chi connectivity index (χ4n) is 16.2. The Morgan fingerprint density at radius 2 is 1.27 bits per heavy atom. The average Bonchev–Trinajstić information content (AvgIpc) is 4.03. The molecule has 2 aromatic carbocycles. The van der Waals surface area contributed by atoms with Crippen LogP contribution in [-0.4, -0.2) is 27.6 Å². The van der Waals surface area contributed by atoms with Gasteiger partial charge in [-0.2, -0.15) is 0 Å². The van der Waals surface area contributed by atoms with E-state index in [1.54, 1.807) is 16.7 Å². The van der Waals surface area contributed by atoms with Gasteiger partial charge in [-0.1, -0.05) is 159 Å². The highest BCUT2D eigenvalue weighted by Gasteiger charge is 2.50. The van der Waals surface area contributed by atoms with E-state index < -0.39 is 0 Å². The third-order valence-corrected chi connectivity index (χ3v) is 20.0. The predicted molar refractivity (Wildman–Crippen MR) is 314 cm³/mol. The van der Waals surface area contributed by atoms with Crippen LogP contribution in [0.1, 0.15) is 174 Å². The van der Waals surface area contributed by atoms with Crippen molar-refractivity contribution in [2.24, 2.45) is 23.7 Å². The van der Waals surface area contributed by atoms with E-state index in [0.29, 0.717) is 41.9 Å². The van der Waals surface area contributed by atoms with Crippen LogP contribution in [0.5, 0.6) is 0 Å². The average molecular weight is 971 g/mol. The van der Waals surface area contributed by atoms with Crippen LogP contribution >= 0.6 is 0 Å². The summed E-state index contributed by atoms with van der Waals surface area (Å²) >= 11 is 0. The van der Waals surface area contributed by atoms with Crippen molar-refractivity contribution in [2.75, 3.05) is 0 Å². The lowest BCUT2D eigenvalue weighted by Gasteiger charge is -2.38. The van der Waals surface area contributed by atoms with Crippen molar-refractivity contribution in [1.29, 1.82) is 0 Å². The molecule has 0 spiro atoms. The molecule has 8 unspecified atom stereocenters. The quantitative estimate of drug-likeness (QED) is 0.194. The number of likely N-dealkylation sites (tertiary alicyclic amines) is 1. The molecule has 74 heavy (non-hydrogen) atoms. The van der Waals surface area contributed by atoms with Crippen molar-refractivity contribution >= 4 is 33.7 Å². The smallest absolute Gasteiger partial charge is 0.0560 e. The third-order valence-electron chi connectivity index (χ3n) is 20.0. The minimum atomic E-state index is 0.317. The molecule has 0 amide bonds. The van der Waals surface area contributed by atoms with Crippen LogP contribution in [0.2, 0.25) is 0 Å². The first-order valence-corrected chi connectivity index (χ1v) is 29.9. The first-order chi connectivity index (χ1) is 36.7. The summed E-state index contributed by atoms with van der Waals surface area (Å²) in [7, 11) is 0. The number of rotatable bonds is 9. The molecule has 2 fully saturated rings. The molecule has 2 nitrogen and oxygen atoms in total. The Bertz CT molecular complexity index is 3160. The van der Waals surface area contributed by atoms with Crippen molar-refractivity contribution < 1.29 is 0 Å². The van der Waals surface area contributed by atoms with E-state index in [-0.39, 0.29) is 0 Å². The molecule has 0 bridgehead atoms. The van der Waals surface area contributed by atoms with Gasteiger partial charge in [-0.25, -0.2) is 0 Å². The van der Waals surface area contributed by atoms with Crippen molar-refractivity contribution in [3.63, 3.8) is 0 Å². The van der Waals surface area contributed by atoms with Gasteiger partial charge in [0.25, 0.3) is 0 Å². The van der Waals surface area contributed by atoms with E-state index in [4.69, 9.17) is 0 Å². The Hall–Kier alpha value is -5.70. The number of nitrogens with zero attached hydrogens (tertiary/aromatic N) is 2. The molecule has 1 aromatic heterocycles. The summed E-state index contributed by atoms with van der Waals surface area (Å²) in [6.45, 7) is 0. The van der Waals surface area contributed by atoms with Gasteiger partial charge in [0.1, 0.15) is 0 Å². The van der Waals surface area contributed by atoms with Gasteiger partial charge in [-0.05, 0) is 236 Å². The van der Waals surface area contributed by atoms with Gasteiger partial charge in [-0.15, -0.1) is 0 Å². The number of aryl methyl sites for hydroxylation is 1. The highest BCUT2D eigenvalue weighted by Crippen LogP contribution is 2.52. The van der Waals surface area contributed by atoms with E-state index in [1.165, 1.54) is 137 Å². The minimum Gasteiger partial charge on any atom is -0.333 e. The molecule has 11 aliphatic rings. The summed E-state index contributed by atoms with van der Waals surface area (Å²) in [6.07, 6.45) is 78.1. The van der Waals surface area contributed by atoms with Crippen LogP contribution in [0.3, 0.4) is 0 Å². The SMILES string of the molecule is C1=CC(C2=CC(C3CC=CCC3)CC(C3=CCC(n4c5c(c6cc(C7=CCC8C(C7)C7CCC=CC7N8C7C=CC(c8cc(C9=CCCC=C9)cc(C9CCCCC9)c8)=CC7)ccc64)CCC=C5)C=C3)=C2)=CCC1. The molecule has 14 rings (SSSR count). The summed E-state index contributed by atoms with van der Waals surface area (Å²) in [4.78, 5) is 2.99. The molecular formula is C72H78N2.